The zero-order chi connectivity index (χ0) is 15.3. The van der Waals surface area contributed by atoms with Gasteiger partial charge in [-0.2, -0.15) is 5.26 Å². The number of benzene rings is 1. The normalized spacial score (nSPS) is 28.1. The van der Waals surface area contributed by atoms with Gasteiger partial charge < -0.3 is 10.0 Å². The molecule has 1 aromatic rings. The van der Waals surface area contributed by atoms with Crippen molar-refractivity contribution in [2.24, 2.45) is 5.41 Å². The molecule has 21 heavy (non-hydrogen) atoms. The molecule has 2 atom stereocenters. The summed E-state index contributed by atoms with van der Waals surface area (Å²) in [4.78, 5) is 2.14. The minimum atomic E-state index is -3.23. The van der Waals surface area contributed by atoms with Gasteiger partial charge in [-0.05, 0) is 30.0 Å². The average molecular weight is 306 g/mol. The SMILES string of the molecule is CN1CCc2cc(C(O)C3(C#N)CCS(=O)(=O)C3)ccc21. The number of fused-ring (bicyclic) bond motifs is 1. The van der Waals surface area contributed by atoms with E-state index in [1.807, 2.05) is 19.2 Å². The lowest BCUT2D eigenvalue weighted by Crippen LogP contribution is -2.29. The summed E-state index contributed by atoms with van der Waals surface area (Å²) >= 11 is 0. The maximum Gasteiger partial charge on any atom is 0.152 e. The molecule has 0 aliphatic carbocycles. The van der Waals surface area contributed by atoms with E-state index in [-0.39, 0.29) is 17.9 Å². The number of likely N-dealkylation sites (N-methyl/N-ethyl adjacent to an activating group) is 1. The summed E-state index contributed by atoms with van der Waals surface area (Å²) in [6, 6.07) is 7.72. The molecule has 3 rings (SSSR count). The highest BCUT2D eigenvalue weighted by Gasteiger charge is 2.48. The number of nitrogens with zero attached hydrogens (tertiary/aromatic N) is 2. The van der Waals surface area contributed by atoms with Crippen LogP contribution < -0.4 is 4.90 Å². The largest absolute Gasteiger partial charge is 0.387 e. The van der Waals surface area contributed by atoms with Gasteiger partial charge in [-0.1, -0.05) is 12.1 Å². The lowest BCUT2D eigenvalue weighted by atomic mass is 9.79. The van der Waals surface area contributed by atoms with Crippen LogP contribution >= 0.6 is 0 Å². The minimum Gasteiger partial charge on any atom is -0.387 e. The van der Waals surface area contributed by atoms with Gasteiger partial charge >= 0.3 is 0 Å². The van der Waals surface area contributed by atoms with Gasteiger partial charge in [-0.15, -0.1) is 0 Å². The van der Waals surface area contributed by atoms with E-state index in [0.29, 0.717) is 5.56 Å². The molecule has 0 aromatic heterocycles. The Balaban J connectivity index is 1.96. The van der Waals surface area contributed by atoms with Crippen LogP contribution in [-0.4, -0.2) is 38.6 Å². The van der Waals surface area contributed by atoms with Gasteiger partial charge in [0.1, 0.15) is 5.41 Å². The van der Waals surface area contributed by atoms with Gasteiger partial charge in [0.2, 0.25) is 0 Å². The number of hydrogen-bond acceptors (Lipinski definition) is 5. The smallest absolute Gasteiger partial charge is 0.152 e. The molecule has 0 radical (unpaired) electrons. The number of hydrogen-bond donors (Lipinski definition) is 1. The molecule has 1 N–H and O–H groups in total. The standard InChI is InChI=1S/C15H18N2O3S/c1-17-6-4-11-8-12(2-3-13(11)17)14(18)15(9-16)5-7-21(19,20)10-15/h2-3,8,14,18H,4-7,10H2,1H3. The summed E-state index contributed by atoms with van der Waals surface area (Å²) in [6.07, 6.45) is 0.0461. The van der Waals surface area contributed by atoms with Gasteiger partial charge in [-0.25, -0.2) is 8.42 Å². The summed E-state index contributed by atoms with van der Waals surface area (Å²) in [7, 11) is -1.21. The maximum absolute atomic E-state index is 11.7. The van der Waals surface area contributed by atoms with Crippen LogP contribution in [0.3, 0.4) is 0 Å². The monoisotopic (exact) mass is 306 g/mol. The van der Waals surface area contributed by atoms with E-state index in [1.165, 1.54) is 0 Å². The van der Waals surface area contributed by atoms with Crippen LogP contribution in [0.1, 0.15) is 23.7 Å². The van der Waals surface area contributed by atoms with Gasteiger partial charge in [0.25, 0.3) is 0 Å². The molecule has 2 aliphatic rings. The van der Waals surface area contributed by atoms with Crippen molar-refractivity contribution >= 4 is 15.5 Å². The van der Waals surface area contributed by atoms with E-state index in [1.54, 1.807) is 6.07 Å². The molecule has 6 heteroatoms. The first kappa shape index (κ1) is 14.4. The van der Waals surface area contributed by atoms with Crippen LogP contribution in [0.5, 0.6) is 0 Å². The molecular formula is C15H18N2O3S. The number of nitriles is 1. The third-order valence-electron chi connectivity index (χ3n) is 4.63. The van der Waals surface area contributed by atoms with Crippen molar-refractivity contribution in [2.75, 3.05) is 30.0 Å². The van der Waals surface area contributed by atoms with Crippen molar-refractivity contribution in [2.45, 2.75) is 18.9 Å². The van der Waals surface area contributed by atoms with E-state index < -0.39 is 21.4 Å². The fourth-order valence-electron chi connectivity index (χ4n) is 3.32. The Morgan fingerprint density at radius 1 is 1.48 bits per heavy atom. The zero-order valence-corrected chi connectivity index (χ0v) is 12.7. The topological polar surface area (TPSA) is 81.4 Å². The Labute approximate surface area is 124 Å². The predicted molar refractivity (Wildman–Crippen MR) is 79.7 cm³/mol. The molecule has 1 fully saturated rings. The third kappa shape index (κ3) is 2.30. The fraction of sp³-hybridized carbons (Fsp3) is 0.533. The molecule has 2 heterocycles. The van der Waals surface area contributed by atoms with Crippen LogP contribution in [0.15, 0.2) is 18.2 Å². The first-order valence-corrected chi connectivity index (χ1v) is 8.83. The summed E-state index contributed by atoms with van der Waals surface area (Å²) in [5.74, 6) is -0.278. The average Bonchev–Trinajstić information content (AvgIpc) is 2.99. The molecule has 2 unspecified atom stereocenters. The van der Waals surface area contributed by atoms with E-state index in [2.05, 4.69) is 11.0 Å². The molecular weight excluding hydrogens is 288 g/mol. The van der Waals surface area contributed by atoms with Crippen LogP contribution in [0, 0.1) is 16.7 Å². The molecule has 0 saturated carbocycles. The Kier molecular flexibility index (Phi) is 3.23. The van der Waals surface area contributed by atoms with Gasteiger partial charge in [0.15, 0.2) is 9.84 Å². The summed E-state index contributed by atoms with van der Waals surface area (Å²) < 4.78 is 23.4. The highest BCUT2D eigenvalue weighted by Crippen LogP contribution is 2.43. The molecule has 112 valence electrons. The second-order valence-corrected chi connectivity index (χ2v) is 8.26. The van der Waals surface area contributed by atoms with Gasteiger partial charge in [-0.3, -0.25) is 0 Å². The van der Waals surface area contributed by atoms with E-state index in [0.717, 1.165) is 24.2 Å². The summed E-state index contributed by atoms with van der Waals surface area (Å²) in [5, 5.41) is 20.0. The molecule has 0 bridgehead atoms. The second-order valence-electron chi connectivity index (χ2n) is 6.07. The second kappa shape index (κ2) is 4.72. The number of rotatable bonds is 2. The number of anilines is 1. The molecule has 2 aliphatic heterocycles. The highest BCUT2D eigenvalue weighted by atomic mass is 32.2. The Bertz CT molecular complexity index is 723. The molecule has 0 amide bonds. The Hall–Kier alpha value is -1.58. The van der Waals surface area contributed by atoms with Crippen LogP contribution in [0.4, 0.5) is 5.69 Å². The van der Waals surface area contributed by atoms with Crippen molar-refractivity contribution in [3.05, 3.63) is 29.3 Å². The number of aliphatic hydroxyl groups is 1. The van der Waals surface area contributed by atoms with Gasteiger partial charge in [0.05, 0.1) is 23.7 Å². The summed E-state index contributed by atoms with van der Waals surface area (Å²) in [6.45, 7) is 0.937. The van der Waals surface area contributed by atoms with Crippen molar-refractivity contribution in [3.8, 4) is 6.07 Å². The highest BCUT2D eigenvalue weighted by molar-refractivity contribution is 7.91. The fourth-order valence-corrected chi connectivity index (χ4v) is 5.29. The lowest BCUT2D eigenvalue weighted by molar-refractivity contribution is 0.0793. The third-order valence-corrected chi connectivity index (χ3v) is 6.41. The van der Waals surface area contributed by atoms with Crippen LogP contribution in [0.2, 0.25) is 0 Å². The van der Waals surface area contributed by atoms with Gasteiger partial charge in [0, 0.05) is 19.3 Å². The van der Waals surface area contributed by atoms with Crippen molar-refractivity contribution in [3.63, 3.8) is 0 Å². The first-order chi connectivity index (χ1) is 9.87. The Morgan fingerprint density at radius 2 is 2.24 bits per heavy atom. The first-order valence-electron chi connectivity index (χ1n) is 7.01. The summed E-state index contributed by atoms with van der Waals surface area (Å²) in [5.41, 5.74) is 1.71. The minimum absolute atomic E-state index is 0.0225. The van der Waals surface area contributed by atoms with Crippen molar-refractivity contribution < 1.29 is 13.5 Å². The van der Waals surface area contributed by atoms with E-state index >= 15 is 0 Å². The molecule has 1 aromatic carbocycles. The van der Waals surface area contributed by atoms with E-state index in [9.17, 15) is 18.8 Å². The van der Waals surface area contributed by atoms with Crippen molar-refractivity contribution in [1.82, 2.24) is 0 Å². The number of sulfone groups is 1. The van der Waals surface area contributed by atoms with Crippen molar-refractivity contribution in [1.29, 1.82) is 5.26 Å². The quantitative estimate of drug-likeness (QED) is 0.883. The zero-order valence-electron chi connectivity index (χ0n) is 11.9. The van der Waals surface area contributed by atoms with E-state index in [4.69, 9.17) is 0 Å². The van der Waals surface area contributed by atoms with Crippen LogP contribution in [0.25, 0.3) is 0 Å². The number of aliphatic hydroxyl groups excluding tert-OH is 1. The predicted octanol–water partition coefficient (Wildman–Crippen LogP) is 1.04. The molecule has 5 nitrogen and oxygen atoms in total. The molecule has 0 spiro atoms. The molecule has 1 saturated heterocycles. The Morgan fingerprint density at radius 3 is 2.86 bits per heavy atom. The van der Waals surface area contributed by atoms with Crippen LogP contribution in [-0.2, 0) is 16.3 Å². The maximum atomic E-state index is 11.7. The lowest BCUT2D eigenvalue weighted by Gasteiger charge is -2.26.